The van der Waals surface area contributed by atoms with Gasteiger partial charge in [0.25, 0.3) is 0 Å². The maximum atomic E-state index is 9.87. The number of nitrogens with one attached hydrogen (secondary N) is 1. The Morgan fingerprint density at radius 1 is 1.12 bits per heavy atom. The summed E-state index contributed by atoms with van der Waals surface area (Å²) in [7, 11) is 0. The second-order valence-corrected chi connectivity index (χ2v) is 3.56. The molecule has 1 aromatic carbocycles. The quantitative estimate of drug-likeness (QED) is 0.739. The fourth-order valence-electron chi connectivity index (χ4n) is 1.39. The Kier molecular flexibility index (Phi) is 3.52. The van der Waals surface area contributed by atoms with Crippen LogP contribution in [0.1, 0.15) is 11.7 Å². The minimum absolute atomic E-state index is 0.181. The molecular formula is C12H13N3O2. The highest BCUT2D eigenvalue weighted by atomic mass is 16.3. The number of nitrogens with zero attached hydrogens (tertiary/aromatic N) is 2. The number of phenols is 1. The molecule has 1 atom stereocenters. The van der Waals surface area contributed by atoms with Gasteiger partial charge in [0.1, 0.15) is 5.75 Å². The lowest BCUT2D eigenvalue weighted by Gasteiger charge is -2.11. The van der Waals surface area contributed by atoms with E-state index in [2.05, 4.69) is 15.3 Å². The van der Waals surface area contributed by atoms with Gasteiger partial charge in [0, 0.05) is 18.9 Å². The van der Waals surface area contributed by atoms with Gasteiger partial charge >= 0.3 is 0 Å². The highest BCUT2D eigenvalue weighted by Crippen LogP contribution is 2.16. The van der Waals surface area contributed by atoms with Crippen LogP contribution in [0.15, 0.2) is 42.7 Å². The summed E-state index contributed by atoms with van der Waals surface area (Å²) in [5, 5.41) is 21.9. The summed E-state index contributed by atoms with van der Waals surface area (Å²) in [6.07, 6.45) is 2.59. The maximum absolute atomic E-state index is 9.87. The summed E-state index contributed by atoms with van der Waals surface area (Å²) in [6.45, 7) is 0.314. The molecule has 0 aliphatic carbocycles. The van der Waals surface area contributed by atoms with Gasteiger partial charge in [0.15, 0.2) is 0 Å². The number of phenolic OH excluding ortho intramolecular Hbond substituents is 1. The number of rotatable bonds is 4. The number of aliphatic hydroxyl groups is 1. The normalized spacial score (nSPS) is 12.1. The molecule has 0 saturated carbocycles. The Bertz CT molecular complexity index is 459. The molecule has 0 spiro atoms. The van der Waals surface area contributed by atoms with E-state index >= 15 is 0 Å². The summed E-state index contributed by atoms with van der Waals surface area (Å²) < 4.78 is 0. The molecule has 0 bridgehead atoms. The van der Waals surface area contributed by atoms with Crippen LogP contribution in [-0.4, -0.2) is 26.7 Å². The van der Waals surface area contributed by atoms with Crippen molar-refractivity contribution in [2.75, 3.05) is 11.9 Å². The Morgan fingerprint density at radius 2 is 1.76 bits per heavy atom. The minimum atomic E-state index is -0.667. The predicted octanol–water partition coefficient (Wildman–Crippen LogP) is 1.33. The van der Waals surface area contributed by atoms with Gasteiger partial charge in [-0.1, -0.05) is 12.1 Å². The van der Waals surface area contributed by atoms with E-state index in [0.717, 1.165) is 5.56 Å². The van der Waals surface area contributed by atoms with Crippen LogP contribution in [0, 0.1) is 0 Å². The van der Waals surface area contributed by atoms with Crippen LogP contribution in [0.25, 0.3) is 0 Å². The van der Waals surface area contributed by atoms with E-state index in [-0.39, 0.29) is 5.75 Å². The number of aromatic nitrogens is 2. The smallest absolute Gasteiger partial charge is 0.222 e. The highest BCUT2D eigenvalue weighted by Gasteiger charge is 2.07. The zero-order valence-electron chi connectivity index (χ0n) is 9.11. The summed E-state index contributed by atoms with van der Waals surface area (Å²) in [6, 6.07) is 8.15. The number of benzene rings is 1. The SMILES string of the molecule is Oc1ccc(C(O)CNc2ncccn2)cc1. The van der Waals surface area contributed by atoms with Gasteiger partial charge in [-0.3, -0.25) is 0 Å². The lowest BCUT2D eigenvalue weighted by molar-refractivity contribution is 0.191. The Labute approximate surface area is 98.8 Å². The van der Waals surface area contributed by atoms with Crippen molar-refractivity contribution in [1.82, 2.24) is 9.97 Å². The number of aliphatic hydroxyl groups excluding tert-OH is 1. The summed E-state index contributed by atoms with van der Waals surface area (Å²) in [4.78, 5) is 7.97. The number of anilines is 1. The van der Waals surface area contributed by atoms with E-state index in [4.69, 9.17) is 5.11 Å². The Morgan fingerprint density at radius 3 is 2.41 bits per heavy atom. The van der Waals surface area contributed by atoms with Crippen molar-refractivity contribution >= 4 is 5.95 Å². The Balaban J connectivity index is 1.93. The molecule has 17 heavy (non-hydrogen) atoms. The molecule has 3 N–H and O–H groups in total. The van der Waals surface area contributed by atoms with Gasteiger partial charge < -0.3 is 15.5 Å². The number of hydrogen-bond donors (Lipinski definition) is 3. The fourth-order valence-corrected chi connectivity index (χ4v) is 1.39. The summed E-state index contributed by atoms with van der Waals surface area (Å²) >= 11 is 0. The monoisotopic (exact) mass is 231 g/mol. The van der Waals surface area contributed by atoms with Crippen molar-refractivity contribution in [3.63, 3.8) is 0 Å². The van der Waals surface area contributed by atoms with Crippen LogP contribution < -0.4 is 5.32 Å². The molecule has 0 aliphatic heterocycles. The Hall–Kier alpha value is -2.14. The minimum Gasteiger partial charge on any atom is -0.508 e. The molecule has 1 heterocycles. The first-order valence-corrected chi connectivity index (χ1v) is 5.23. The molecule has 88 valence electrons. The second kappa shape index (κ2) is 5.27. The molecule has 0 fully saturated rings. The third kappa shape index (κ3) is 3.15. The molecule has 2 aromatic rings. The average molecular weight is 231 g/mol. The average Bonchev–Trinajstić information content (AvgIpc) is 2.38. The van der Waals surface area contributed by atoms with Crippen LogP contribution in [-0.2, 0) is 0 Å². The van der Waals surface area contributed by atoms with Crippen molar-refractivity contribution in [2.24, 2.45) is 0 Å². The largest absolute Gasteiger partial charge is 0.508 e. The molecule has 0 radical (unpaired) electrons. The zero-order valence-corrected chi connectivity index (χ0v) is 9.11. The van der Waals surface area contributed by atoms with Crippen LogP contribution in [0.4, 0.5) is 5.95 Å². The standard InChI is InChI=1S/C12H13N3O2/c16-10-4-2-9(3-5-10)11(17)8-15-12-13-6-1-7-14-12/h1-7,11,16-17H,8H2,(H,13,14,15). The van der Waals surface area contributed by atoms with Crippen molar-refractivity contribution in [3.05, 3.63) is 48.3 Å². The molecule has 0 saturated heterocycles. The van der Waals surface area contributed by atoms with Gasteiger partial charge in [-0.2, -0.15) is 0 Å². The van der Waals surface area contributed by atoms with Gasteiger partial charge in [0.2, 0.25) is 5.95 Å². The molecular weight excluding hydrogens is 218 g/mol. The lowest BCUT2D eigenvalue weighted by Crippen LogP contribution is -2.13. The van der Waals surface area contributed by atoms with E-state index in [1.165, 1.54) is 12.1 Å². The topological polar surface area (TPSA) is 78.3 Å². The van der Waals surface area contributed by atoms with E-state index in [9.17, 15) is 5.11 Å². The van der Waals surface area contributed by atoms with Gasteiger partial charge in [-0.05, 0) is 23.8 Å². The molecule has 2 rings (SSSR count). The summed E-state index contributed by atoms with van der Waals surface area (Å²) in [5.74, 6) is 0.658. The third-order valence-electron chi connectivity index (χ3n) is 2.30. The van der Waals surface area contributed by atoms with Crippen LogP contribution in [0.2, 0.25) is 0 Å². The first-order chi connectivity index (χ1) is 8.25. The van der Waals surface area contributed by atoms with E-state index in [1.807, 2.05) is 0 Å². The molecule has 5 nitrogen and oxygen atoms in total. The molecule has 5 heteroatoms. The van der Waals surface area contributed by atoms with E-state index in [1.54, 1.807) is 30.6 Å². The molecule has 0 aliphatic rings. The van der Waals surface area contributed by atoms with E-state index in [0.29, 0.717) is 12.5 Å². The first-order valence-electron chi connectivity index (χ1n) is 5.23. The summed E-state index contributed by atoms with van der Waals surface area (Å²) in [5.41, 5.74) is 0.728. The van der Waals surface area contributed by atoms with E-state index < -0.39 is 6.10 Å². The fraction of sp³-hybridized carbons (Fsp3) is 0.167. The van der Waals surface area contributed by atoms with Gasteiger partial charge in [-0.25, -0.2) is 9.97 Å². The number of aromatic hydroxyl groups is 1. The molecule has 1 unspecified atom stereocenters. The van der Waals surface area contributed by atoms with Crippen LogP contribution in [0.5, 0.6) is 5.75 Å². The van der Waals surface area contributed by atoms with Gasteiger partial charge in [0.05, 0.1) is 6.10 Å². The van der Waals surface area contributed by atoms with Crippen molar-refractivity contribution in [1.29, 1.82) is 0 Å². The third-order valence-corrected chi connectivity index (χ3v) is 2.30. The van der Waals surface area contributed by atoms with Crippen molar-refractivity contribution < 1.29 is 10.2 Å². The highest BCUT2D eigenvalue weighted by molar-refractivity contribution is 5.29. The zero-order chi connectivity index (χ0) is 12.1. The van der Waals surface area contributed by atoms with Crippen molar-refractivity contribution in [2.45, 2.75) is 6.10 Å². The first kappa shape index (κ1) is 11.3. The van der Waals surface area contributed by atoms with Crippen LogP contribution in [0.3, 0.4) is 0 Å². The predicted molar refractivity (Wildman–Crippen MR) is 63.6 cm³/mol. The van der Waals surface area contributed by atoms with Crippen LogP contribution >= 0.6 is 0 Å². The van der Waals surface area contributed by atoms with Crippen molar-refractivity contribution in [3.8, 4) is 5.75 Å². The maximum Gasteiger partial charge on any atom is 0.222 e. The van der Waals surface area contributed by atoms with Gasteiger partial charge in [-0.15, -0.1) is 0 Å². The number of hydrogen-bond acceptors (Lipinski definition) is 5. The lowest BCUT2D eigenvalue weighted by atomic mass is 10.1. The second-order valence-electron chi connectivity index (χ2n) is 3.56. The molecule has 1 aromatic heterocycles. The molecule has 0 amide bonds.